The van der Waals surface area contributed by atoms with Crippen LogP contribution in [0.3, 0.4) is 0 Å². The summed E-state index contributed by atoms with van der Waals surface area (Å²) in [5.41, 5.74) is 5.64. The first kappa shape index (κ1) is 15.9. The van der Waals surface area contributed by atoms with Crippen molar-refractivity contribution in [3.8, 4) is 5.69 Å². The molecule has 2 aliphatic heterocycles. The summed E-state index contributed by atoms with van der Waals surface area (Å²) in [7, 11) is 0. The summed E-state index contributed by atoms with van der Waals surface area (Å²) in [6.45, 7) is 4.73. The molecule has 0 saturated carbocycles. The summed E-state index contributed by atoms with van der Waals surface area (Å²) in [6, 6.07) is 8.17. The number of likely N-dealkylation sites (tertiary alicyclic amines) is 1. The molecular weight excluding hydrogens is 320 g/mol. The number of Topliss-reactive ketones (excluding diaryl/α,β-unsaturated/α-hetero) is 1. The highest BCUT2D eigenvalue weighted by molar-refractivity contribution is 6.30. The SMILES string of the molecule is Cc1c(C(=O)CN2CCCCC2)cc2n1-c1ccc(Cl)cc1CC2. The van der Waals surface area contributed by atoms with Crippen LogP contribution in [0.25, 0.3) is 5.69 Å². The van der Waals surface area contributed by atoms with Crippen molar-refractivity contribution in [1.29, 1.82) is 0 Å². The van der Waals surface area contributed by atoms with Gasteiger partial charge in [-0.15, -0.1) is 0 Å². The number of carbonyl (C=O) groups is 1. The second kappa shape index (κ2) is 6.38. The smallest absolute Gasteiger partial charge is 0.178 e. The Bertz CT molecular complexity index is 787. The monoisotopic (exact) mass is 342 g/mol. The van der Waals surface area contributed by atoms with E-state index in [4.69, 9.17) is 11.6 Å². The molecule has 4 rings (SSSR count). The molecule has 0 amide bonds. The molecule has 1 fully saturated rings. The maximum Gasteiger partial charge on any atom is 0.178 e. The highest BCUT2D eigenvalue weighted by Crippen LogP contribution is 2.31. The van der Waals surface area contributed by atoms with Gasteiger partial charge >= 0.3 is 0 Å². The zero-order valence-corrected chi connectivity index (χ0v) is 14.9. The lowest BCUT2D eigenvalue weighted by atomic mass is 10.0. The van der Waals surface area contributed by atoms with Crippen LogP contribution in [0, 0.1) is 6.92 Å². The van der Waals surface area contributed by atoms with E-state index in [0.29, 0.717) is 6.54 Å². The minimum Gasteiger partial charge on any atom is -0.317 e. The Morgan fingerprint density at radius 3 is 2.71 bits per heavy atom. The number of piperidine rings is 1. The highest BCUT2D eigenvalue weighted by Gasteiger charge is 2.24. The van der Waals surface area contributed by atoms with Crippen molar-refractivity contribution >= 4 is 17.4 Å². The molecule has 1 aromatic carbocycles. The number of nitrogens with zero attached hydrogens (tertiary/aromatic N) is 2. The van der Waals surface area contributed by atoms with Gasteiger partial charge in [0.25, 0.3) is 0 Å². The summed E-state index contributed by atoms with van der Waals surface area (Å²) in [4.78, 5) is 15.1. The molecule has 4 heteroatoms. The summed E-state index contributed by atoms with van der Waals surface area (Å²) in [6.07, 6.45) is 5.67. The predicted molar refractivity (Wildman–Crippen MR) is 97.5 cm³/mol. The Hall–Kier alpha value is -1.58. The predicted octanol–water partition coefficient (Wildman–Crippen LogP) is 4.21. The number of hydrogen-bond acceptors (Lipinski definition) is 2. The highest BCUT2D eigenvalue weighted by atomic mass is 35.5. The molecule has 126 valence electrons. The van der Waals surface area contributed by atoms with Crippen molar-refractivity contribution in [2.45, 2.75) is 39.0 Å². The molecule has 2 aliphatic rings. The first-order valence-corrected chi connectivity index (χ1v) is 9.27. The third-order valence-corrected chi connectivity index (χ3v) is 5.61. The first-order chi connectivity index (χ1) is 11.6. The Balaban J connectivity index is 1.65. The van der Waals surface area contributed by atoms with Crippen LogP contribution in [0.1, 0.15) is 46.6 Å². The van der Waals surface area contributed by atoms with E-state index in [1.807, 2.05) is 6.07 Å². The molecule has 0 spiro atoms. The molecule has 24 heavy (non-hydrogen) atoms. The Morgan fingerprint density at radius 1 is 1.12 bits per heavy atom. The molecule has 0 atom stereocenters. The zero-order chi connectivity index (χ0) is 16.7. The first-order valence-electron chi connectivity index (χ1n) is 8.89. The van der Waals surface area contributed by atoms with Gasteiger partial charge in [0.1, 0.15) is 0 Å². The number of aromatic nitrogens is 1. The van der Waals surface area contributed by atoms with Crippen LogP contribution in [-0.4, -0.2) is 34.9 Å². The molecule has 1 aromatic heterocycles. The van der Waals surface area contributed by atoms with Gasteiger partial charge < -0.3 is 4.57 Å². The quantitative estimate of drug-likeness (QED) is 0.781. The summed E-state index contributed by atoms with van der Waals surface area (Å²) < 4.78 is 2.25. The molecule has 0 aliphatic carbocycles. The van der Waals surface area contributed by atoms with Gasteiger partial charge in [0, 0.05) is 27.7 Å². The molecule has 3 heterocycles. The zero-order valence-electron chi connectivity index (χ0n) is 14.1. The minimum absolute atomic E-state index is 0.256. The third-order valence-electron chi connectivity index (χ3n) is 5.37. The van der Waals surface area contributed by atoms with Gasteiger partial charge in [-0.3, -0.25) is 9.69 Å². The minimum atomic E-state index is 0.256. The summed E-state index contributed by atoms with van der Waals surface area (Å²) >= 11 is 6.14. The number of carbonyl (C=O) groups excluding carboxylic acids is 1. The van der Waals surface area contributed by atoms with Crippen LogP contribution in [0.2, 0.25) is 5.02 Å². The number of rotatable bonds is 3. The van der Waals surface area contributed by atoms with Gasteiger partial charge in [0.2, 0.25) is 0 Å². The fourth-order valence-corrected chi connectivity index (χ4v) is 4.31. The van der Waals surface area contributed by atoms with Gasteiger partial charge in [0.15, 0.2) is 5.78 Å². The van der Waals surface area contributed by atoms with E-state index in [1.165, 1.54) is 36.2 Å². The molecule has 1 saturated heterocycles. The third kappa shape index (κ3) is 2.80. The lowest BCUT2D eigenvalue weighted by Gasteiger charge is -2.25. The van der Waals surface area contributed by atoms with E-state index < -0.39 is 0 Å². The number of ketones is 1. The molecule has 3 nitrogen and oxygen atoms in total. The van der Waals surface area contributed by atoms with Crippen LogP contribution in [0.4, 0.5) is 0 Å². The standard InChI is InChI=1S/C20H23ClN2O/c1-14-18(20(24)13-22-9-3-2-4-10-22)12-17-7-5-15-11-16(21)6-8-19(15)23(14)17/h6,8,11-12H,2-5,7,9-10,13H2,1H3. The Labute approximate surface area is 148 Å². The number of hydrogen-bond donors (Lipinski definition) is 0. The van der Waals surface area contributed by atoms with Crippen molar-refractivity contribution in [3.05, 3.63) is 51.8 Å². The van der Waals surface area contributed by atoms with Crippen molar-refractivity contribution in [2.75, 3.05) is 19.6 Å². The molecule has 2 aromatic rings. The van der Waals surface area contributed by atoms with Gasteiger partial charge in [-0.1, -0.05) is 18.0 Å². The lowest BCUT2D eigenvalue weighted by Crippen LogP contribution is -2.34. The Morgan fingerprint density at radius 2 is 1.92 bits per heavy atom. The van der Waals surface area contributed by atoms with E-state index in [1.54, 1.807) is 0 Å². The molecule has 0 unspecified atom stereocenters. The second-order valence-corrected chi connectivity index (χ2v) is 7.44. The van der Waals surface area contributed by atoms with Crippen LogP contribution >= 0.6 is 11.6 Å². The van der Waals surface area contributed by atoms with Crippen molar-refractivity contribution in [2.24, 2.45) is 0 Å². The van der Waals surface area contributed by atoms with Gasteiger partial charge in [-0.25, -0.2) is 0 Å². The fourth-order valence-electron chi connectivity index (χ4n) is 4.11. The average Bonchev–Trinajstić information content (AvgIpc) is 2.93. The molecular formula is C20H23ClN2O. The summed E-state index contributed by atoms with van der Waals surface area (Å²) in [5, 5.41) is 0.781. The maximum absolute atomic E-state index is 12.8. The van der Waals surface area contributed by atoms with Crippen LogP contribution in [0.15, 0.2) is 24.3 Å². The van der Waals surface area contributed by atoms with E-state index in [-0.39, 0.29) is 5.78 Å². The number of halogens is 1. The second-order valence-electron chi connectivity index (χ2n) is 7.00. The van der Waals surface area contributed by atoms with Crippen molar-refractivity contribution in [1.82, 2.24) is 9.47 Å². The normalized spacial score (nSPS) is 17.4. The molecule has 0 radical (unpaired) electrons. The van der Waals surface area contributed by atoms with Gasteiger partial charge in [0.05, 0.1) is 6.54 Å². The Kier molecular flexibility index (Phi) is 4.23. The maximum atomic E-state index is 12.8. The van der Waals surface area contributed by atoms with E-state index in [9.17, 15) is 4.79 Å². The fraction of sp³-hybridized carbons (Fsp3) is 0.450. The van der Waals surface area contributed by atoms with Crippen LogP contribution in [-0.2, 0) is 12.8 Å². The number of aryl methyl sites for hydroxylation is 2. The average molecular weight is 343 g/mol. The lowest BCUT2D eigenvalue weighted by molar-refractivity contribution is 0.0915. The topological polar surface area (TPSA) is 25.2 Å². The molecule has 0 bridgehead atoms. The number of fused-ring (bicyclic) bond motifs is 3. The van der Waals surface area contributed by atoms with Crippen LogP contribution < -0.4 is 0 Å². The summed E-state index contributed by atoms with van der Waals surface area (Å²) in [5.74, 6) is 0.256. The largest absolute Gasteiger partial charge is 0.317 e. The van der Waals surface area contributed by atoms with Gasteiger partial charge in [-0.2, -0.15) is 0 Å². The van der Waals surface area contributed by atoms with Crippen molar-refractivity contribution in [3.63, 3.8) is 0 Å². The van der Waals surface area contributed by atoms with Crippen LogP contribution in [0.5, 0.6) is 0 Å². The van der Waals surface area contributed by atoms with E-state index in [2.05, 4.69) is 34.6 Å². The van der Waals surface area contributed by atoms with Crippen molar-refractivity contribution < 1.29 is 4.79 Å². The van der Waals surface area contributed by atoms with Gasteiger partial charge in [-0.05, 0) is 75.5 Å². The van der Waals surface area contributed by atoms with E-state index >= 15 is 0 Å². The number of benzene rings is 1. The molecule has 0 N–H and O–H groups in total. The van der Waals surface area contributed by atoms with E-state index in [0.717, 1.165) is 42.2 Å².